The van der Waals surface area contributed by atoms with Crippen LogP contribution in [-0.2, 0) is 72.0 Å². The second-order valence-corrected chi connectivity index (χ2v) is 20.9. The molecule has 2 aromatic carbocycles. The second kappa shape index (κ2) is 37.6. The molecule has 10 amide bonds. The largest absolute Gasteiger partial charge is 0.481 e. The molecule has 0 aliphatic carbocycles. The Morgan fingerprint density at radius 3 is 1.72 bits per heavy atom. The van der Waals surface area contributed by atoms with E-state index in [1.165, 1.54) is 19.4 Å². The summed E-state index contributed by atoms with van der Waals surface area (Å²) in [5.74, 6) is -7.35. The molecule has 0 radical (unpaired) electrons. The second-order valence-electron chi connectivity index (χ2n) is 20.9. The molecule has 0 aliphatic heterocycles. The minimum Gasteiger partial charge on any atom is -0.481 e. The van der Waals surface area contributed by atoms with E-state index in [1.54, 1.807) is 43.5 Å². The zero-order valence-corrected chi connectivity index (χ0v) is 49.4. The molecule has 19 N–H and O–H groups in total. The highest BCUT2D eigenvalue weighted by atomic mass is 16.4. The lowest BCUT2D eigenvalue weighted by molar-refractivity contribution is -0.139. The summed E-state index contributed by atoms with van der Waals surface area (Å²) in [6, 6.07) is 4.27. The lowest BCUT2D eigenvalue weighted by Crippen LogP contribution is -2.61. The summed E-state index contributed by atoms with van der Waals surface area (Å²) >= 11 is 0. The van der Waals surface area contributed by atoms with Crippen LogP contribution in [0.25, 0.3) is 10.9 Å². The monoisotopic (exact) mass is 1220 g/mol. The molecular weight excluding hydrogens is 1140 g/mol. The number of rotatable bonds is 40. The number of amides is 10. The number of nitrogens with one attached hydrogen (secondary N) is 11. The van der Waals surface area contributed by atoms with Crippen LogP contribution in [0.1, 0.15) is 108 Å². The summed E-state index contributed by atoms with van der Waals surface area (Å²) < 4.78 is 0. The molecule has 0 saturated carbocycles. The smallest absolute Gasteiger partial charge is 0.303 e. The van der Waals surface area contributed by atoms with Crippen molar-refractivity contribution in [2.45, 2.75) is 158 Å². The van der Waals surface area contributed by atoms with Gasteiger partial charge in [-0.15, -0.1) is 12.3 Å². The highest BCUT2D eigenvalue weighted by molar-refractivity contribution is 5.98. The number of aliphatic carboxylic acids is 1. The van der Waals surface area contributed by atoms with Crippen molar-refractivity contribution in [3.63, 3.8) is 0 Å². The highest BCUT2D eigenvalue weighted by Crippen LogP contribution is 2.20. The Kier molecular flexibility index (Phi) is 30.1. The third-order valence-corrected chi connectivity index (χ3v) is 13.9. The summed E-state index contributed by atoms with van der Waals surface area (Å²) in [5, 5.41) is 44.1. The Balaban J connectivity index is 1.57. The van der Waals surface area contributed by atoms with Gasteiger partial charge in [0, 0.05) is 87.5 Å². The minimum absolute atomic E-state index is 0.00886. The van der Waals surface area contributed by atoms with Crippen LogP contribution in [-0.4, -0.2) is 164 Å². The number of carboxylic acid groups (broad SMARTS) is 1. The normalized spacial score (nSPS) is 13.6. The molecule has 0 spiro atoms. The number of terminal acetylenes is 1. The van der Waals surface area contributed by atoms with Gasteiger partial charge in [0.05, 0.1) is 12.9 Å². The first-order valence-electron chi connectivity index (χ1n) is 29.0. The maximum absolute atomic E-state index is 14.7. The highest BCUT2D eigenvalue weighted by Gasteiger charge is 2.35. The van der Waals surface area contributed by atoms with E-state index in [1.807, 2.05) is 24.3 Å². The van der Waals surface area contributed by atoms with Crippen LogP contribution < -0.4 is 65.1 Å². The van der Waals surface area contributed by atoms with E-state index in [9.17, 15) is 63.0 Å². The number of nitrogens with zero attached hydrogens (tertiary/aromatic N) is 2. The quantitative estimate of drug-likeness (QED) is 0.0100. The van der Waals surface area contributed by atoms with E-state index in [4.69, 9.17) is 23.6 Å². The van der Waals surface area contributed by atoms with Gasteiger partial charge in [-0.2, -0.15) is 0 Å². The number of aliphatic imine (C=N–C) groups is 1. The maximum Gasteiger partial charge on any atom is 0.303 e. The summed E-state index contributed by atoms with van der Waals surface area (Å²) in [5.41, 5.74) is 19.3. The number of H-pyrrole nitrogens is 2. The number of carbonyl (C=O) groups excluding carboxylic acids is 10. The number of para-hydroxylation sites is 1. The number of hydrogen-bond donors (Lipinski definition) is 16. The number of hydrogen-bond acceptors (Lipinski definition) is 14. The number of aliphatic hydroxyl groups is 1. The molecule has 29 heteroatoms. The number of aliphatic hydroxyl groups excluding tert-OH is 1. The molecular formula is C59H82N16O13. The van der Waals surface area contributed by atoms with E-state index in [0.717, 1.165) is 10.9 Å². The Labute approximate surface area is 508 Å². The Morgan fingerprint density at radius 2 is 1.15 bits per heavy atom. The van der Waals surface area contributed by atoms with Gasteiger partial charge in [0.1, 0.15) is 48.3 Å². The van der Waals surface area contributed by atoms with Gasteiger partial charge in [0.2, 0.25) is 59.1 Å². The van der Waals surface area contributed by atoms with Crippen molar-refractivity contribution in [3.05, 3.63) is 90.1 Å². The van der Waals surface area contributed by atoms with E-state index < -0.39 is 127 Å². The van der Waals surface area contributed by atoms with Crippen molar-refractivity contribution in [3.8, 4) is 12.3 Å². The molecule has 2 heterocycles. The standard InChI is InChI=1S/C59H82N16O13/c1-4-6-19-42(70-58(88)48(33-76)75-52(82)41(68-35(3)77)21-13-14-26-64-49(78)23-7-5-2)53(83)71-44(24-25-50(79)80)55(85)74-47(30-38-32-63-34-67-38)57(87)73-46(28-36-16-9-8-10-17-36)56(86)69-43(22-15-27-65-59(61)62)54(84)72-45(51(60)81)29-37-31-66-40-20-12-11-18-39(37)40/h2,8-12,16-18,20,31-32,34,41-48,66,76H,4,6-7,13-15,19,21-30,33H2,1,3H3,(H2,60,81)(H,63,67)(H,64,78)(H,68,77)(H,69,86)(H,70,88)(H,71,83)(H,72,84)(H,73,87)(H,74,85)(H,75,82)(H,79,80)(H4,61,62,65)/t41-,42-,43-,44-,45-,46+,47-,48-/m0/s1. The predicted molar refractivity (Wildman–Crippen MR) is 323 cm³/mol. The molecule has 0 fully saturated rings. The van der Waals surface area contributed by atoms with Crippen LogP contribution in [0.15, 0.2) is 78.3 Å². The number of primary amides is 1. The van der Waals surface area contributed by atoms with Crippen LogP contribution in [0.4, 0.5) is 0 Å². The molecule has 0 bridgehead atoms. The Hall–Kier alpha value is -9.85. The number of fused-ring (bicyclic) bond motifs is 1. The predicted octanol–water partition coefficient (Wildman–Crippen LogP) is -1.90. The van der Waals surface area contributed by atoms with Crippen molar-refractivity contribution in [1.82, 2.24) is 62.8 Å². The third-order valence-electron chi connectivity index (χ3n) is 13.9. The number of guanidine groups is 1. The van der Waals surface area contributed by atoms with Gasteiger partial charge in [-0.05, 0) is 62.1 Å². The van der Waals surface area contributed by atoms with Gasteiger partial charge >= 0.3 is 5.97 Å². The van der Waals surface area contributed by atoms with E-state index in [0.29, 0.717) is 42.5 Å². The number of unbranched alkanes of at least 4 members (excludes halogenated alkanes) is 2. The molecule has 476 valence electrons. The van der Waals surface area contributed by atoms with Crippen LogP contribution >= 0.6 is 0 Å². The third kappa shape index (κ3) is 25.0. The first-order valence-corrected chi connectivity index (χ1v) is 29.0. The number of carbonyl (C=O) groups is 11. The van der Waals surface area contributed by atoms with E-state index in [-0.39, 0.29) is 82.7 Å². The van der Waals surface area contributed by atoms with Crippen LogP contribution in [0.5, 0.6) is 0 Å². The van der Waals surface area contributed by atoms with Crippen molar-refractivity contribution in [2.75, 3.05) is 19.7 Å². The minimum atomic E-state index is -1.67. The SMILES string of the molecule is C#CCCC(=O)NCCCC[C@H](NC(C)=O)C(=O)N[C@@H](CO)C(=O)N[C@@H](CCCC)C(=O)N[C@@H](CCC(=O)O)C(=O)N[C@@H](Cc1cnc[nH]1)C(=O)N[C@H](Cc1ccccc1)C(=O)N[C@@H](CCCN=C(N)N)C(=O)N[C@@H](Cc1c[nH]c2ccccc12)C(N)=O. The van der Waals surface area contributed by atoms with Crippen molar-refractivity contribution >= 4 is 81.9 Å². The topological polar surface area (TPSA) is 471 Å². The van der Waals surface area contributed by atoms with Crippen molar-refractivity contribution < 1.29 is 63.0 Å². The number of carboxylic acids is 1. The summed E-state index contributed by atoms with van der Waals surface area (Å²) in [4.78, 5) is 162. The van der Waals surface area contributed by atoms with Gasteiger partial charge in [-0.25, -0.2) is 4.98 Å². The lowest BCUT2D eigenvalue weighted by atomic mass is 10.0. The molecule has 4 aromatic rings. The van der Waals surface area contributed by atoms with Gasteiger partial charge in [0.15, 0.2) is 5.96 Å². The zero-order chi connectivity index (χ0) is 64.5. The average Bonchev–Trinajstić information content (AvgIpc) is 2.52. The van der Waals surface area contributed by atoms with E-state index in [2.05, 4.69) is 73.7 Å². The molecule has 2 aromatic heterocycles. The van der Waals surface area contributed by atoms with Crippen molar-refractivity contribution in [1.29, 1.82) is 0 Å². The fourth-order valence-electron chi connectivity index (χ4n) is 9.20. The van der Waals surface area contributed by atoms with Crippen molar-refractivity contribution in [2.24, 2.45) is 22.2 Å². The Bertz CT molecular complexity index is 3050. The molecule has 0 saturated heterocycles. The summed E-state index contributed by atoms with van der Waals surface area (Å²) in [6.07, 6.45) is 10.1. The van der Waals surface area contributed by atoms with Crippen LogP contribution in [0.3, 0.4) is 0 Å². The van der Waals surface area contributed by atoms with Crippen LogP contribution in [0.2, 0.25) is 0 Å². The fraction of sp³-hybridized carbons (Fsp3) is 0.475. The molecule has 0 unspecified atom stereocenters. The number of aromatic amines is 2. The fourth-order valence-corrected chi connectivity index (χ4v) is 9.20. The van der Waals surface area contributed by atoms with Gasteiger partial charge in [-0.1, -0.05) is 68.3 Å². The Morgan fingerprint density at radius 1 is 0.614 bits per heavy atom. The first-order chi connectivity index (χ1) is 42.1. The number of benzene rings is 2. The molecule has 8 atom stereocenters. The van der Waals surface area contributed by atoms with Gasteiger partial charge < -0.3 is 85.2 Å². The van der Waals surface area contributed by atoms with Crippen LogP contribution in [0, 0.1) is 12.3 Å². The molecule has 29 nitrogen and oxygen atoms in total. The zero-order valence-electron chi connectivity index (χ0n) is 49.4. The molecule has 0 aliphatic rings. The van der Waals surface area contributed by atoms with E-state index >= 15 is 0 Å². The maximum atomic E-state index is 14.7. The summed E-state index contributed by atoms with van der Waals surface area (Å²) in [6.45, 7) is 2.35. The van der Waals surface area contributed by atoms with Gasteiger partial charge in [0.25, 0.3) is 0 Å². The average molecular weight is 1220 g/mol. The van der Waals surface area contributed by atoms with Gasteiger partial charge in [-0.3, -0.25) is 57.7 Å². The first kappa shape index (κ1) is 70.6. The number of aromatic nitrogens is 3. The summed E-state index contributed by atoms with van der Waals surface area (Å²) in [7, 11) is 0. The number of imidazole rings is 1. The molecule has 88 heavy (non-hydrogen) atoms. The molecule has 4 rings (SSSR count). The number of nitrogens with two attached hydrogens (primary N) is 3. The lowest BCUT2D eigenvalue weighted by Gasteiger charge is -2.28.